The topological polar surface area (TPSA) is 49.5 Å². The van der Waals surface area contributed by atoms with E-state index in [4.69, 9.17) is 17.3 Å². The second-order valence-electron chi connectivity index (χ2n) is 5.04. The van der Waals surface area contributed by atoms with E-state index in [1.165, 1.54) is 0 Å². The van der Waals surface area contributed by atoms with Gasteiger partial charge in [-0.25, -0.2) is 0 Å². The van der Waals surface area contributed by atoms with E-state index in [1.54, 1.807) is 6.07 Å². The van der Waals surface area contributed by atoms with Crippen molar-refractivity contribution in [1.82, 2.24) is 0 Å². The van der Waals surface area contributed by atoms with Gasteiger partial charge in [0.2, 0.25) is 0 Å². The molecule has 0 aliphatic carbocycles. The van der Waals surface area contributed by atoms with Crippen molar-refractivity contribution in [3.8, 4) is 0 Å². The lowest BCUT2D eigenvalue weighted by molar-refractivity contribution is 0.0481. The molecule has 0 amide bonds. The van der Waals surface area contributed by atoms with Crippen LogP contribution in [-0.2, 0) is 0 Å². The van der Waals surface area contributed by atoms with E-state index in [2.05, 4.69) is 4.90 Å². The van der Waals surface area contributed by atoms with Crippen molar-refractivity contribution in [2.24, 2.45) is 0 Å². The molecule has 1 aliphatic rings. The Labute approximate surface area is 107 Å². The predicted molar refractivity (Wildman–Crippen MR) is 72.6 cm³/mol. The zero-order valence-electron chi connectivity index (χ0n) is 10.1. The molecular formula is C13H19ClN2O. The zero-order valence-corrected chi connectivity index (χ0v) is 10.9. The molecule has 1 atom stereocenters. The largest absolute Gasteiger partial charge is 0.397 e. The van der Waals surface area contributed by atoms with E-state index in [9.17, 15) is 5.11 Å². The Morgan fingerprint density at radius 2 is 2.12 bits per heavy atom. The SMILES string of the molecule is CC1(O)CCCN(c2ccc(Cl)cc2N)CC1. The molecule has 1 heterocycles. The Bertz CT molecular complexity index is 406. The molecule has 1 saturated heterocycles. The summed E-state index contributed by atoms with van der Waals surface area (Å²) in [6, 6.07) is 5.59. The molecule has 1 unspecified atom stereocenters. The number of aliphatic hydroxyl groups is 1. The number of nitrogens with two attached hydrogens (primary N) is 1. The van der Waals surface area contributed by atoms with Crippen LogP contribution in [0.2, 0.25) is 5.02 Å². The van der Waals surface area contributed by atoms with Crippen LogP contribution in [-0.4, -0.2) is 23.8 Å². The van der Waals surface area contributed by atoms with E-state index in [0.717, 1.165) is 38.0 Å². The van der Waals surface area contributed by atoms with E-state index in [1.807, 2.05) is 19.1 Å². The van der Waals surface area contributed by atoms with Gasteiger partial charge in [0.25, 0.3) is 0 Å². The third kappa shape index (κ3) is 3.05. The summed E-state index contributed by atoms with van der Waals surface area (Å²) in [6.45, 7) is 3.67. The van der Waals surface area contributed by atoms with Crippen molar-refractivity contribution in [2.45, 2.75) is 31.8 Å². The van der Waals surface area contributed by atoms with Crippen LogP contribution < -0.4 is 10.6 Å². The van der Waals surface area contributed by atoms with Gasteiger partial charge in [-0.05, 0) is 44.4 Å². The van der Waals surface area contributed by atoms with Crippen molar-refractivity contribution >= 4 is 23.0 Å². The molecule has 0 saturated carbocycles. The van der Waals surface area contributed by atoms with Crippen LogP contribution in [0.25, 0.3) is 0 Å². The smallest absolute Gasteiger partial charge is 0.0637 e. The molecule has 2 rings (SSSR count). The first-order chi connectivity index (χ1) is 7.98. The van der Waals surface area contributed by atoms with Crippen LogP contribution in [0.5, 0.6) is 0 Å². The number of anilines is 2. The van der Waals surface area contributed by atoms with Gasteiger partial charge in [-0.3, -0.25) is 0 Å². The second kappa shape index (κ2) is 4.75. The molecule has 3 N–H and O–H groups in total. The number of nitrogen functional groups attached to an aromatic ring is 1. The van der Waals surface area contributed by atoms with Gasteiger partial charge in [0, 0.05) is 18.1 Å². The summed E-state index contributed by atoms with van der Waals surface area (Å²) < 4.78 is 0. The molecule has 17 heavy (non-hydrogen) atoms. The summed E-state index contributed by atoms with van der Waals surface area (Å²) in [5.74, 6) is 0. The van der Waals surface area contributed by atoms with E-state index in [0.29, 0.717) is 10.7 Å². The maximum Gasteiger partial charge on any atom is 0.0637 e. The Balaban J connectivity index is 2.17. The summed E-state index contributed by atoms with van der Waals surface area (Å²) in [7, 11) is 0. The third-order valence-corrected chi connectivity index (χ3v) is 3.63. The highest BCUT2D eigenvalue weighted by Crippen LogP contribution is 2.30. The second-order valence-corrected chi connectivity index (χ2v) is 5.48. The minimum absolute atomic E-state index is 0.546. The van der Waals surface area contributed by atoms with Crippen molar-refractivity contribution < 1.29 is 5.11 Å². The normalized spacial score (nSPS) is 25.7. The number of nitrogens with zero attached hydrogens (tertiary/aromatic N) is 1. The van der Waals surface area contributed by atoms with E-state index < -0.39 is 5.60 Å². The van der Waals surface area contributed by atoms with E-state index >= 15 is 0 Å². The first-order valence-electron chi connectivity index (χ1n) is 6.00. The lowest BCUT2D eigenvalue weighted by Crippen LogP contribution is -2.28. The summed E-state index contributed by atoms with van der Waals surface area (Å²) in [6.07, 6.45) is 2.60. The average molecular weight is 255 g/mol. The molecule has 0 radical (unpaired) electrons. The highest BCUT2D eigenvalue weighted by Gasteiger charge is 2.25. The fourth-order valence-electron chi connectivity index (χ4n) is 2.32. The van der Waals surface area contributed by atoms with Crippen molar-refractivity contribution in [1.29, 1.82) is 0 Å². The number of rotatable bonds is 1. The Kier molecular flexibility index (Phi) is 3.50. The fraction of sp³-hybridized carbons (Fsp3) is 0.538. The number of hydrogen-bond donors (Lipinski definition) is 2. The van der Waals surface area contributed by atoms with Crippen LogP contribution in [0.1, 0.15) is 26.2 Å². The monoisotopic (exact) mass is 254 g/mol. The first-order valence-corrected chi connectivity index (χ1v) is 6.38. The maximum absolute atomic E-state index is 10.1. The number of benzene rings is 1. The number of hydrogen-bond acceptors (Lipinski definition) is 3. The van der Waals surface area contributed by atoms with Crippen LogP contribution in [0.4, 0.5) is 11.4 Å². The third-order valence-electron chi connectivity index (χ3n) is 3.39. The van der Waals surface area contributed by atoms with Gasteiger partial charge in [0.1, 0.15) is 0 Å². The molecule has 1 fully saturated rings. The van der Waals surface area contributed by atoms with Crippen molar-refractivity contribution in [2.75, 3.05) is 23.7 Å². The molecule has 4 heteroatoms. The van der Waals surface area contributed by atoms with Crippen LogP contribution in [0, 0.1) is 0 Å². The predicted octanol–water partition coefficient (Wildman–Crippen LogP) is 2.66. The van der Waals surface area contributed by atoms with Gasteiger partial charge in [0.15, 0.2) is 0 Å². The molecule has 0 bridgehead atoms. The van der Waals surface area contributed by atoms with Crippen LogP contribution in [0.15, 0.2) is 18.2 Å². The molecule has 3 nitrogen and oxygen atoms in total. The van der Waals surface area contributed by atoms with Gasteiger partial charge >= 0.3 is 0 Å². The number of halogens is 1. The Morgan fingerprint density at radius 3 is 2.82 bits per heavy atom. The standard InChI is InChI=1S/C13H19ClN2O/c1-13(17)5-2-7-16(8-6-13)12-4-3-10(14)9-11(12)15/h3-4,9,17H,2,5-8,15H2,1H3. The molecule has 1 aromatic carbocycles. The summed E-state index contributed by atoms with van der Waals surface area (Å²) in [5, 5.41) is 10.7. The quantitative estimate of drug-likeness (QED) is 0.758. The maximum atomic E-state index is 10.1. The minimum Gasteiger partial charge on any atom is -0.397 e. The molecule has 94 valence electrons. The summed E-state index contributed by atoms with van der Waals surface area (Å²) >= 11 is 5.89. The molecule has 1 aromatic rings. The van der Waals surface area contributed by atoms with E-state index in [-0.39, 0.29) is 0 Å². The minimum atomic E-state index is -0.546. The first kappa shape index (κ1) is 12.5. The lowest BCUT2D eigenvalue weighted by Gasteiger charge is -2.25. The van der Waals surface area contributed by atoms with Crippen LogP contribution >= 0.6 is 11.6 Å². The van der Waals surface area contributed by atoms with Gasteiger partial charge in [0.05, 0.1) is 17.0 Å². The molecule has 1 aliphatic heterocycles. The van der Waals surface area contributed by atoms with Gasteiger partial charge in [-0.15, -0.1) is 0 Å². The van der Waals surface area contributed by atoms with Crippen molar-refractivity contribution in [3.63, 3.8) is 0 Å². The Hall–Kier alpha value is -0.930. The van der Waals surface area contributed by atoms with Crippen LogP contribution in [0.3, 0.4) is 0 Å². The molecular weight excluding hydrogens is 236 g/mol. The van der Waals surface area contributed by atoms with Gasteiger partial charge in [-0.2, -0.15) is 0 Å². The Morgan fingerprint density at radius 1 is 1.35 bits per heavy atom. The zero-order chi connectivity index (χ0) is 12.5. The van der Waals surface area contributed by atoms with Gasteiger partial charge < -0.3 is 15.7 Å². The molecule has 0 aromatic heterocycles. The van der Waals surface area contributed by atoms with Crippen molar-refractivity contribution in [3.05, 3.63) is 23.2 Å². The lowest BCUT2D eigenvalue weighted by atomic mass is 9.98. The molecule has 0 spiro atoms. The van der Waals surface area contributed by atoms with Gasteiger partial charge in [-0.1, -0.05) is 11.6 Å². The highest BCUT2D eigenvalue weighted by molar-refractivity contribution is 6.31. The summed E-state index contributed by atoms with van der Waals surface area (Å²) in [5.41, 5.74) is 7.16. The fourth-order valence-corrected chi connectivity index (χ4v) is 2.50. The highest BCUT2D eigenvalue weighted by atomic mass is 35.5. The average Bonchev–Trinajstić information content (AvgIpc) is 2.40. The summed E-state index contributed by atoms with van der Waals surface area (Å²) in [4.78, 5) is 2.23.